The fourth-order valence-electron chi connectivity index (χ4n) is 4.63. The first-order chi connectivity index (χ1) is 18.4. The lowest BCUT2D eigenvalue weighted by Crippen LogP contribution is -2.11. The highest BCUT2D eigenvalue weighted by atomic mass is 19.1. The van der Waals surface area contributed by atoms with Crippen molar-refractivity contribution in [2.75, 3.05) is 10.6 Å². The summed E-state index contributed by atoms with van der Waals surface area (Å²) in [4.78, 5) is 32.4. The van der Waals surface area contributed by atoms with Crippen LogP contribution in [0, 0.1) is 17.5 Å². The van der Waals surface area contributed by atoms with Gasteiger partial charge in [0.15, 0.2) is 5.82 Å². The zero-order valence-electron chi connectivity index (χ0n) is 19.7. The summed E-state index contributed by atoms with van der Waals surface area (Å²) in [6.45, 7) is 0.0796. The van der Waals surface area contributed by atoms with Crippen LogP contribution in [0.25, 0.3) is 22.2 Å². The number of nitrogens with zero attached hydrogens (tertiary/aromatic N) is 1. The van der Waals surface area contributed by atoms with Gasteiger partial charge in [0, 0.05) is 41.1 Å². The maximum atomic E-state index is 15.4. The van der Waals surface area contributed by atoms with E-state index in [1.54, 1.807) is 24.4 Å². The number of fused-ring (bicyclic) bond motifs is 2. The van der Waals surface area contributed by atoms with Crippen molar-refractivity contribution in [3.63, 3.8) is 0 Å². The number of hydrogen-bond donors (Lipinski definition) is 3. The van der Waals surface area contributed by atoms with Gasteiger partial charge >= 0.3 is 0 Å². The first kappa shape index (κ1) is 23.5. The van der Waals surface area contributed by atoms with Gasteiger partial charge in [0.2, 0.25) is 11.7 Å². The number of carbonyl (C=O) groups is 2. The van der Waals surface area contributed by atoms with Gasteiger partial charge in [-0.3, -0.25) is 9.59 Å². The molecule has 0 aliphatic carbocycles. The van der Waals surface area contributed by atoms with Crippen LogP contribution < -0.4 is 10.6 Å². The molecule has 0 bridgehead atoms. The Bertz CT molecular complexity index is 1760. The summed E-state index contributed by atoms with van der Waals surface area (Å²) < 4.78 is 43.7. The van der Waals surface area contributed by atoms with Crippen LogP contribution in [0.2, 0.25) is 0 Å². The Morgan fingerprint density at radius 1 is 1.00 bits per heavy atom. The molecule has 3 aromatic carbocycles. The normalized spacial score (nSPS) is 12.4. The molecular weight excluding hydrogens is 493 g/mol. The van der Waals surface area contributed by atoms with Crippen LogP contribution in [0.4, 0.5) is 24.5 Å². The van der Waals surface area contributed by atoms with Gasteiger partial charge in [-0.05, 0) is 59.2 Å². The fraction of sp³-hybridized carbons (Fsp3) is 0.0690. The van der Waals surface area contributed by atoms with Crippen LogP contribution in [0.5, 0.6) is 0 Å². The number of pyridine rings is 1. The van der Waals surface area contributed by atoms with E-state index >= 15 is 4.39 Å². The van der Waals surface area contributed by atoms with Crippen LogP contribution in [0.3, 0.4) is 0 Å². The van der Waals surface area contributed by atoms with E-state index in [-0.39, 0.29) is 30.1 Å². The summed E-state index contributed by atoms with van der Waals surface area (Å²) in [6.07, 6.45) is 3.27. The number of amides is 1. The molecule has 0 unspecified atom stereocenters. The molecule has 188 valence electrons. The minimum absolute atomic E-state index is 0.0624. The lowest BCUT2D eigenvalue weighted by atomic mass is 9.98. The number of nitrogens with one attached hydrogen (secondary N) is 3. The maximum absolute atomic E-state index is 15.4. The van der Waals surface area contributed by atoms with Gasteiger partial charge in [0.05, 0.1) is 17.7 Å². The van der Waals surface area contributed by atoms with Crippen molar-refractivity contribution in [3.05, 3.63) is 113 Å². The quantitative estimate of drug-likeness (QED) is 0.244. The molecule has 1 aliphatic heterocycles. The van der Waals surface area contributed by atoms with E-state index in [0.717, 1.165) is 22.9 Å². The van der Waals surface area contributed by atoms with Crippen molar-refractivity contribution in [3.8, 4) is 11.1 Å². The Balaban J connectivity index is 1.34. The molecule has 0 atom stereocenters. The molecule has 0 saturated carbocycles. The number of aromatic amines is 1. The zero-order valence-corrected chi connectivity index (χ0v) is 19.7. The third-order valence-electron chi connectivity index (χ3n) is 6.53. The summed E-state index contributed by atoms with van der Waals surface area (Å²) in [5, 5.41) is 5.99. The number of hydrogen-bond acceptors (Lipinski definition) is 4. The predicted molar refractivity (Wildman–Crippen MR) is 137 cm³/mol. The van der Waals surface area contributed by atoms with Crippen LogP contribution in [-0.4, -0.2) is 21.7 Å². The number of rotatable bonds is 6. The summed E-state index contributed by atoms with van der Waals surface area (Å²) in [7, 11) is 0. The zero-order chi connectivity index (χ0) is 26.4. The molecule has 9 heteroatoms. The fourth-order valence-corrected chi connectivity index (χ4v) is 4.63. The van der Waals surface area contributed by atoms with Crippen LogP contribution in [0.1, 0.15) is 27.0 Å². The molecule has 1 amide bonds. The SMILES string of the molecule is O=C1Cc2cc(-c3cnc4[nH]cc(C(=O)c5c(F)ccc(NCc6cccc(F)c6)c5F)c4c3)ccc2N1. The van der Waals surface area contributed by atoms with Crippen LogP contribution >= 0.6 is 0 Å². The largest absolute Gasteiger partial charge is 0.379 e. The average molecular weight is 512 g/mol. The Kier molecular flexibility index (Phi) is 5.68. The molecular formula is C29H19F3N4O2. The smallest absolute Gasteiger partial charge is 0.228 e. The Morgan fingerprint density at radius 3 is 2.71 bits per heavy atom. The van der Waals surface area contributed by atoms with Gasteiger partial charge in [-0.15, -0.1) is 0 Å². The van der Waals surface area contributed by atoms with Crippen molar-refractivity contribution in [2.45, 2.75) is 13.0 Å². The highest BCUT2D eigenvalue weighted by molar-refractivity contribution is 6.17. The van der Waals surface area contributed by atoms with Gasteiger partial charge in [-0.2, -0.15) is 0 Å². The predicted octanol–water partition coefficient (Wildman–Crippen LogP) is 5.98. The third-order valence-corrected chi connectivity index (χ3v) is 6.53. The van der Waals surface area contributed by atoms with Gasteiger partial charge in [0.1, 0.15) is 17.3 Å². The van der Waals surface area contributed by atoms with Crippen molar-refractivity contribution >= 4 is 34.1 Å². The number of carbonyl (C=O) groups excluding carboxylic acids is 2. The van der Waals surface area contributed by atoms with E-state index in [1.165, 1.54) is 30.5 Å². The van der Waals surface area contributed by atoms with Crippen molar-refractivity contribution < 1.29 is 22.8 Å². The van der Waals surface area contributed by atoms with E-state index in [0.29, 0.717) is 22.2 Å². The first-order valence-electron chi connectivity index (χ1n) is 11.8. The molecule has 0 fully saturated rings. The molecule has 0 radical (unpaired) electrons. The molecule has 38 heavy (non-hydrogen) atoms. The van der Waals surface area contributed by atoms with E-state index in [4.69, 9.17) is 0 Å². The second-order valence-corrected chi connectivity index (χ2v) is 9.02. The van der Waals surface area contributed by atoms with Gasteiger partial charge in [-0.1, -0.05) is 18.2 Å². The van der Waals surface area contributed by atoms with Crippen LogP contribution in [-0.2, 0) is 17.8 Å². The number of H-pyrrole nitrogens is 1. The van der Waals surface area contributed by atoms with E-state index in [9.17, 15) is 18.4 Å². The topological polar surface area (TPSA) is 86.9 Å². The highest BCUT2D eigenvalue weighted by Crippen LogP contribution is 2.32. The lowest BCUT2D eigenvalue weighted by molar-refractivity contribution is -0.115. The van der Waals surface area contributed by atoms with Crippen LogP contribution in [0.15, 0.2) is 73.1 Å². The Morgan fingerprint density at radius 2 is 1.87 bits per heavy atom. The Labute approximate surface area is 214 Å². The molecule has 5 aromatic rings. The summed E-state index contributed by atoms with van der Waals surface area (Å²) in [5.41, 5.74) is 3.29. The molecule has 3 heterocycles. The molecule has 0 spiro atoms. The number of anilines is 2. The molecule has 3 N–H and O–H groups in total. The average Bonchev–Trinajstić information content (AvgIpc) is 3.49. The highest BCUT2D eigenvalue weighted by Gasteiger charge is 2.25. The number of aromatic nitrogens is 2. The van der Waals surface area contributed by atoms with Crippen molar-refractivity contribution in [1.29, 1.82) is 0 Å². The first-order valence-corrected chi connectivity index (χ1v) is 11.8. The number of halogens is 3. The van der Waals surface area contributed by atoms with Crippen molar-refractivity contribution in [2.24, 2.45) is 0 Å². The number of benzene rings is 3. The summed E-state index contributed by atoms with van der Waals surface area (Å²) in [5.74, 6) is -3.40. The molecule has 0 saturated heterocycles. The summed E-state index contributed by atoms with van der Waals surface area (Å²) in [6, 6.07) is 15.2. The molecule has 6 rings (SSSR count). The standard InChI is InChI=1S/C29H19F3N4O2/c30-19-3-1-2-15(8-19)12-33-24-7-5-22(31)26(27(24)32)28(38)21-14-35-29-20(21)10-18(13-34-29)16-4-6-23-17(9-16)11-25(37)36-23/h1-10,13-14,33H,11-12H2,(H,34,35)(H,36,37). The molecule has 2 aromatic heterocycles. The maximum Gasteiger partial charge on any atom is 0.228 e. The minimum Gasteiger partial charge on any atom is -0.379 e. The molecule has 6 nitrogen and oxygen atoms in total. The van der Waals surface area contributed by atoms with E-state index in [2.05, 4.69) is 20.6 Å². The van der Waals surface area contributed by atoms with E-state index < -0.39 is 28.8 Å². The summed E-state index contributed by atoms with van der Waals surface area (Å²) >= 11 is 0. The lowest BCUT2D eigenvalue weighted by Gasteiger charge is -2.11. The van der Waals surface area contributed by atoms with Gasteiger partial charge in [-0.25, -0.2) is 18.2 Å². The monoisotopic (exact) mass is 512 g/mol. The minimum atomic E-state index is -1.04. The third kappa shape index (κ3) is 4.17. The molecule has 1 aliphatic rings. The van der Waals surface area contributed by atoms with E-state index in [1.807, 2.05) is 12.1 Å². The Hall–Kier alpha value is -4.92. The number of ketones is 1. The van der Waals surface area contributed by atoms with Gasteiger partial charge in [0.25, 0.3) is 0 Å². The second-order valence-electron chi connectivity index (χ2n) is 9.02. The van der Waals surface area contributed by atoms with Crippen molar-refractivity contribution in [1.82, 2.24) is 9.97 Å². The second kappa shape index (κ2) is 9.19. The van der Waals surface area contributed by atoms with Gasteiger partial charge < -0.3 is 15.6 Å².